The van der Waals surface area contributed by atoms with E-state index in [0.717, 1.165) is 12.1 Å². The molecule has 0 aliphatic carbocycles. The van der Waals surface area contributed by atoms with Crippen molar-refractivity contribution in [2.45, 2.75) is 50.1 Å². The van der Waals surface area contributed by atoms with Gasteiger partial charge in [0.05, 0.1) is 31.1 Å². The third-order valence-electron chi connectivity index (χ3n) is 5.97. The summed E-state index contributed by atoms with van der Waals surface area (Å²) in [6, 6.07) is 14.4. The molecule has 0 radical (unpaired) electrons. The number of methoxy groups -OCH3 is 1. The molecule has 0 bridgehead atoms. The van der Waals surface area contributed by atoms with Gasteiger partial charge in [0.15, 0.2) is 10.1 Å². The zero-order valence-corrected chi connectivity index (χ0v) is 26.9. The highest BCUT2D eigenvalue weighted by Crippen LogP contribution is 2.30. The Hall–Kier alpha value is -5.28. The van der Waals surface area contributed by atoms with Gasteiger partial charge in [-0.05, 0) is 59.7 Å². The molecule has 2 heterocycles. The van der Waals surface area contributed by atoms with Gasteiger partial charge in [-0.3, -0.25) is 19.0 Å². The van der Waals surface area contributed by atoms with Gasteiger partial charge >= 0.3 is 24.3 Å². The van der Waals surface area contributed by atoms with Crippen LogP contribution in [0.4, 0.5) is 37.7 Å². The van der Waals surface area contributed by atoms with Crippen LogP contribution in [0.3, 0.4) is 0 Å². The molecular formula is C31H34F6N4O9S2. The lowest BCUT2D eigenvalue weighted by Gasteiger charge is -2.10. The molecule has 21 heteroatoms. The first-order valence-corrected chi connectivity index (χ1v) is 16.2. The molecule has 0 atom stereocenters. The molecule has 0 saturated heterocycles. The third kappa shape index (κ3) is 13.8. The number of ether oxygens (including phenoxy) is 1. The number of hydrogen-bond acceptors (Lipinski definition) is 9. The summed E-state index contributed by atoms with van der Waals surface area (Å²) < 4.78 is 132. The molecular weight excluding hydrogens is 750 g/mol. The van der Waals surface area contributed by atoms with Crippen molar-refractivity contribution in [1.29, 1.82) is 0 Å². The van der Waals surface area contributed by atoms with Gasteiger partial charge in [0.2, 0.25) is 0 Å². The predicted molar refractivity (Wildman–Crippen MR) is 177 cm³/mol. The maximum atomic E-state index is 12.5. The molecule has 0 saturated carbocycles. The number of anilines is 2. The van der Waals surface area contributed by atoms with Crippen molar-refractivity contribution < 1.29 is 68.1 Å². The van der Waals surface area contributed by atoms with Crippen molar-refractivity contribution in [2.24, 2.45) is 0 Å². The van der Waals surface area contributed by atoms with Gasteiger partial charge in [0.25, 0.3) is 20.0 Å². The molecule has 0 aliphatic rings. The minimum atomic E-state index is -4.62. The summed E-state index contributed by atoms with van der Waals surface area (Å²) in [6.07, 6.45) is -8.70. The van der Waals surface area contributed by atoms with E-state index in [1.165, 1.54) is 49.6 Å². The topological polar surface area (TPSA) is 213 Å². The second kappa shape index (κ2) is 18.8. The average molecular weight is 785 g/mol. The Morgan fingerprint density at radius 3 is 1.38 bits per heavy atom. The molecule has 13 nitrogen and oxygen atoms in total. The van der Waals surface area contributed by atoms with Crippen LogP contribution in [0.5, 0.6) is 0 Å². The van der Waals surface area contributed by atoms with Crippen molar-refractivity contribution >= 4 is 43.4 Å². The van der Waals surface area contributed by atoms with Crippen molar-refractivity contribution in [2.75, 3.05) is 16.6 Å². The monoisotopic (exact) mass is 784 g/mol. The number of carbonyl (C=O) groups is 2. The second-order valence-electron chi connectivity index (χ2n) is 9.70. The van der Waals surface area contributed by atoms with E-state index in [9.17, 15) is 52.8 Å². The molecule has 0 aliphatic heterocycles. The SMILES string of the molecule is C.C.COC(=O)Cc1cccc(NS(=O)(=O)c2ccc(C(F)(F)F)cn2)c1.O.O=C(O)Cc1cccc(NS(=O)(=O)c2ccc(C(F)(F)F)cn2)c1. The number of benzene rings is 2. The van der Waals surface area contributed by atoms with Crippen molar-refractivity contribution in [1.82, 2.24) is 9.97 Å². The number of aliphatic carboxylic acids is 1. The minimum absolute atomic E-state index is 0. The summed E-state index contributed by atoms with van der Waals surface area (Å²) >= 11 is 0. The number of pyridine rings is 2. The van der Waals surface area contributed by atoms with Crippen LogP contribution in [0.15, 0.2) is 95.2 Å². The maximum absolute atomic E-state index is 12.5. The second-order valence-corrected chi connectivity index (χ2v) is 13.0. The number of nitrogens with one attached hydrogen (secondary N) is 2. The smallest absolute Gasteiger partial charge is 0.417 e. The number of rotatable bonds is 10. The van der Waals surface area contributed by atoms with Gasteiger partial charge in [0.1, 0.15) is 0 Å². The maximum Gasteiger partial charge on any atom is 0.417 e. The van der Waals surface area contributed by atoms with Crippen LogP contribution in [0.25, 0.3) is 0 Å². The number of carboxylic acid groups (broad SMARTS) is 1. The van der Waals surface area contributed by atoms with E-state index in [1.807, 2.05) is 0 Å². The Kier molecular flexibility index (Phi) is 16.9. The fourth-order valence-corrected chi connectivity index (χ4v) is 5.69. The highest BCUT2D eigenvalue weighted by atomic mass is 32.2. The summed E-state index contributed by atoms with van der Waals surface area (Å²) in [7, 11) is -7.14. The molecule has 0 spiro atoms. The Bertz CT molecular complexity index is 2010. The fraction of sp³-hybridized carbons (Fsp3) is 0.226. The van der Waals surface area contributed by atoms with E-state index < -0.39 is 65.5 Å². The number of hydrogen-bond donors (Lipinski definition) is 3. The van der Waals surface area contributed by atoms with Crippen LogP contribution in [0, 0.1) is 0 Å². The number of carbonyl (C=O) groups excluding carboxylic acids is 1. The number of carboxylic acids is 1. The van der Waals surface area contributed by atoms with E-state index >= 15 is 0 Å². The molecule has 286 valence electrons. The summed E-state index contributed by atoms with van der Waals surface area (Å²) in [4.78, 5) is 28.6. The van der Waals surface area contributed by atoms with Gasteiger partial charge in [-0.2, -0.15) is 43.2 Å². The van der Waals surface area contributed by atoms with Crippen LogP contribution in [0.1, 0.15) is 37.1 Å². The van der Waals surface area contributed by atoms with Crippen LogP contribution in [-0.2, 0) is 59.6 Å². The molecule has 4 aromatic rings. The third-order valence-corrected chi connectivity index (χ3v) is 8.56. The predicted octanol–water partition coefficient (Wildman–Crippen LogP) is 5.59. The first-order valence-electron chi connectivity index (χ1n) is 13.3. The van der Waals surface area contributed by atoms with Crippen LogP contribution >= 0.6 is 0 Å². The number of esters is 1. The fourth-order valence-electron chi connectivity index (χ4n) is 3.73. The van der Waals surface area contributed by atoms with Gasteiger partial charge in [0, 0.05) is 23.8 Å². The van der Waals surface area contributed by atoms with E-state index in [4.69, 9.17) is 5.11 Å². The summed E-state index contributed by atoms with van der Waals surface area (Å²) in [5.74, 6) is -1.58. The number of nitrogens with zero attached hydrogens (tertiary/aromatic N) is 2. The zero-order valence-electron chi connectivity index (χ0n) is 25.3. The van der Waals surface area contributed by atoms with Crippen LogP contribution < -0.4 is 9.44 Å². The Balaban J connectivity index is 0.000000946. The summed E-state index contributed by atoms with van der Waals surface area (Å²) in [5, 5.41) is 7.58. The quantitative estimate of drug-likeness (QED) is 0.134. The van der Waals surface area contributed by atoms with E-state index in [1.54, 1.807) is 6.07 Å². The Morgan fingerprint density at radius 1 is 0.692 bits per heavy atom. The van der Waals surface area contributed by atoms with Crippen LogP contribution in [0.2, 0.25) is 0 Å². The van der Waals surface area contributed by atoms with E-state index in [-0.39, 0.29) is 44.5 Å². The zero-order chi connectivity index (χ0) is 36.6. The molecule has 4 rings (SSSR count). The standard InChI is InChI=1S/C15H13F3N2O4S.C14H11F3N2O4S.2CH4.H2O/c1-24-14(21)8-10-3-2-4-12(7-10)20-25(22,23)13-6-5-11(9-19-13)15(16,17)18;15-14(16,17)10-4-5-12(18-8-10)24(22,23)19-11-3-1-2-9(6-11)7-13(20)21;;;/h2-7,9,20H,8H2,1H3;1-6,8,19H,7H2,(H,20,21);2*1H4;1H2. The molecule has 0 amide bonds. The first-order chi connectivity index (χ1) is 22.7. The molecule has 2 aromatic heterocycles. The molecule has 52 heavy (non-hydrogen) atoms. The lowest BCUT2D eigenvalue weighted by molar-refractivity contribution is -0.140. The molecule has 0 fully saturated rings. The largest absolute Gasteiger partial charge is 0.481 e. The van der Waals surface area contributed by atoms with Crippen LogP contribution in [-0.4, -0.2) is 56.4 Å². The molecule has 5 N–H and O–H groups in total. The Labute approximate surface area is 295 Å². The number of aromatic nitrogens is 2. The number of alkyl halides is 6. The number of halogens is 6. The van der Waals surface area contributed by atoms with Crippen molar-refractivity contribution in [3.05, 3.63) is 107 Å². The van der Waals surface area contributed by atoms with E-state index in [0.29, 0.717) is 35.7 Å². The lowest BCUT2D eigenvalue weighted by Crippen LogP contribution is -2.16. The van der Waals surface area contributed by atoms with Gasteiger partial charge in [-0.1, -0.05) is 39.1 Å². The summed E-state index contributed by atoms with van der Waals surface area (Å²) in [5.41, 5.74) is -1.02. The van der Waals surface area contributed by atoms with Gasteiger partial charge < -0.3 is 15.3 Å². The van der Waals surface area contributed by atoms with Gasteiger partial charge in [-0.15, -0.1) is 0 Å². The molecule has 0 unspecified atom stereocenters. The Morgan fingerprint density at radius 2 is 1.08 bits per heavy atom. The van der Waals surface area contributed by atoms with Gasteiger partial charge in [-0.25, -0.2) is 9.97 Å². The minimum Gasteiger partial charge on any atom is -0.481 e. The lowest BCUT2D eigenvalue weighted by atomic mass is 10.1. The number of sulfonamides is 2. The van der Waals surface area contributed by atoms with Crippen molar-refractivity contribution in [3.8, 4) is 0 Å². The highest BCUT2D eigenvalue weighted by molar-refractivity contribution is 7.93. The molecule has 2 aromatic carbocycles. The van der Waals surface area contributed by atoms with Crippen molar-refractivity contribution in [3.63, 3.8) is 0 Å². The summed E-state index contributed by atoms with van der Waals surface area (Å²) in [6.45, 7) is 0. The normalized spacial score (nSPS) is 11.2. The average Bonchev–Trinajstić information content (AvgIpc) is 3.00. The first kappa shape index (κ1) is 46.7. The van der Waals surface area contributed by atoms with E-state index in [2.05, 4.69) is 24.1 Å². The highest BCUT2D eigenvalue weighted by Gasteiger charge is 2.32.